The van der Waals surface area contributed by atoms with Crippen molar-refractivity contribution in [1.82, 2.24) is 0 Å². The molecule has 1 aromatic rings. The van der Waals surface area contributed by atoms with E-state index in [-0.39, 0.29) is 10.9 Å². The third-order valence-corrected chi connectivity index (χ3v) is 4.52. The fourth-order valence-electron chi connectivity index (χ4n) is 2.25. The van der Waals surface area contributed by atoms with Crippen molar-refractivity contribution < 1.29 is 9.90 Å². The van der Waals surface area contributed by atoms with Crippen molar-refractivity contribution in [2.75, 3.05) is 0 Å². The maximum Gasteiger partial charge on any atom is 0.220 e. The molecule has 0 aliphatic carbocycles. The van der Waals surface area contributed by atoms with E-state index >= 15 is 0 Å². The number of aliphatic hydroxyl groups is 1. The molecule has 0 saturated carbocycles. The van der Waals surface area contributed by atoms with Crippen LogP contribution in [0.25, 0.3) is 0 Å². The number of carbonyl (C=O) groups excluding carboxylic acids is 1. The fourth-order valence-corrected chi connectivity index (χ4v) is 3.39. The lowest BCUT2D eigenvalue weighted by atomic mass is 9.98. The molecule has 0 radical (unpaired) electrons. The number of rotatable bonds is 4. The van der Waals surface area contributed by atoms with Gasteiger partial charge in [0, 0.05) is 12.0 Å². The SMILES string of the molecule is C=C/C(C)=C/C1(C)SC(=O)C(Cc2ccccc2)=C1O. The van der Waals surface area contributed by atoms with Gasteiger partial charge in [-0.15, -0.1) is 0 Å². The molecule has 0 fully saturated rings. The Bertz CT molecular complexity index is 599. The van der Waals surface area contributed by atoms with Gasteiger partial charge in [0.2, 0.25) is 5.12 Å². The maximum absolute atomic E-state index is 12.2. The zero-order valence-corrected chi connectivity index (χ0v) is 12.5. The van der Waals surface area contributed by atoms with Crippen LogP contribution in [0, 0.1) is 0 Å². The molecule has 20 heavy (non-hydrogen) atoms. The Labute approximate surface area is 123 Å². The predicted octanol–water partition coefficient (Wildman–Crippen LogP) is 4.21. The van der Waals surface area contributed by atoms with Crippen LogP contribution in [0.2, 0.25) is 0 Å². The molecule has 3 heteroatoms. The van der Waals surface area contributed by atoms with E-state index in [1.807, 2.05) is 50.3 Å². The van der Waals surface area contributed by atoms with E-state index < -0.39 is 4.75 Å². The van der Waals surface area contributed by atoms with E-state index in [2.05, 4.69) is 6.58 Å². The molecule has 1 aliphatic heterocycles. The quantitative estimate of drug-likeness (QED) is 0.843. The van der Waals surface area contributed by atoms with Crippen molar-refractivity contribution >= 4 is 16.9 Å². The highest BCUT2D eigenvalue weighted by Crippen LogP contribution is 2.44. The predicted molar refractivity (Wildman–Crippen MR) is 84.8 cm³/mol. The molecule has 2 nitrogen and oxygen atoms in total. The lowest BCUT2D eigenvalue weighted by Gasteiger charge is -2.18. The molecule has 1 N–H and O–H groups in total. The molecular weight excluding hydrogens is 268 g/mol. The molecule has 104 valence electrons. The third-order valence-electron chi connectivity index (χ3n) is 3.36. The van der Waals surface area contributed by atoms with Gasteiger partial charge in [0.15, 0.2) is 0 Å². The Hall–Kier alpha value is -1.74. The number of allylic oxidation sites excluding steroid dienone is 2. The van der Waals surface area contributed by atoms with E-state index in [9.17, 15) is 9.90 Å². The molecule has 2 rings (SSSR count). The van der Waals surface area contributed by atoms with Crippen molar-refractivity contribution in [3.05, 3.63) is 71.5 Å². The second kappa shape index (κ2) is 5.71. The highest BCUT2D eigenvalue weighted by molar-refractivity contribution is 8.16. The van der Waals surface area contributed by atoms with Crippen LogP contribution in [0.4, 0.5) is 0 Å². The molecular formula is C17H18O2S. The topological polar surface area (TPSA) is 37.3 Å². The molecule has 0 saturated heterocycles. The first kappa shape index (κ1) is 14.7. The van der Waals surface area contributed by atoms with Crippen LogP contribution in [-0.4, -0.2) is 15.0 Å². The summed E-state index contributed by atoms with van der Waals surface area (Å²) in [6.07, 6.45) is 4.07. The summed E-state index contributed by atoms with van der Waals surface area (Å²) in [5.74, 6) is 0.164. The van der Waals surface area contributed by atoms with Gasteiger partial charge >= 0.3 is 0 Å². The Morgan fingerprint density at radius 1 is 1.40 bits per heavy atom. The summed E-state index contributed by atoms with van der Waals surface area (Å²) in [4.78, 5) is 12.2. The van der Waals surface area contributed by atoms with Gasteiger partial charge < -0.3 is 5.11 Å². The Balaban J connectivity index is 2.35. The number of carbonyl (C=O) groups is 1. The minimum absolute atomic E-state index is 0.0537. The van der Waals surface area contributed by atoms with Crippen molar-refractivity contribution in [2.24, 2.45) is 0 Å². The standard InChI is InChI=1S/C17H18O2S/c1-4-12(2)11-17(3)15(18)14(16(19)20-17)10-13-8-6-5-7-9-13/h4-9,11,18H,1,10H2,2-3H3/b12-11+. The summed E-state index contributed by atoms with van der Waals surface area (Å²) in [7, 11) is 0. The first-order valence-corrected chi connectivity index (χ1v) is 7.29. The van der Waals surface area contributed by atoms with E-state index in [4.69, 9.17) is 0 Å². The Morgan fingerprint density at radius 2 is 2.05 bits per heavy atom. The molecule has 1 unspecified atom stereocenters. The molecule has 0 amide bonds. The molecule has 0 bridgehead atoms. The van der Waals surface area contributed by atoms with E-state index in [0.29, 0.717) is 12.0 Å². The van der Waals surface area contributed by atoms with E-state index in [1.54, 1.807) is 6.08 Å². The summed E-state index contributed by atoms with van der Waals surface area (Å²) in [5, 5.41) is 10.4. The summed E-state index contributed by atoms with van der Waals surface area (Å²) >= 11 is 1.16. The third kappa shape index (κ3) is 2.88. The lowest BCUT2D eigenvalue weighted by Crippen LogP contribution is -2.17. The molecule has 1 aliphatic rings. The minimum atomic E-state index is -0.681. The number of benzene rings is 1. The first-order valence-electron chi connectivity index (χ1n) is 6.48. The molecule has 0 aromatic heterocycles. The number of thioether (sulfide) groups is 1. The zero-order valence-electron chi connectivity index (χ0n) is 11.7. The van der Waals surface area contributed by atoms with Crippen LogP contribution in [-0.2, 0) is 11.2 Å². The number of aliphatic hydroxyl groups excluding tert-OH is 1. The average molecular weight is 286 g/mol. The van der Waals surface area contributed by atoms with Gasteiger partial charge in [-0.25, -0.2) is 0 Å². The van der Waals surface area contributed by atoms with Crippen LogP contribution in [0.3, 0.4) is 0 Å². The molecule has 1 heterocycles. The van der Waals surface area contributed by atoms with Crippen molar-refractivity contribution in [2.45, 2.75) is 25.0 Å². The summed E-state index contributed by atoms with van der Waals surface area (Å²) < 4.78 is -0.681. The summed E-state index contributed by atoms with van der Waals surface area (Å²) in [6, 6.07) is 9.71. The van der Waals surface area contributed by atoms with Crippen molar-refractivity contribution in [3.63, 3.8) is 0 Å². The lowest BCUT2D eigenvalue weighted by molar-refractivity contribution is -0.107. The second-order valence-corrected chi connectivity index (χ2v) is 6.50. The van der Waals surface area contributed by atoms with Crippen molar-refractivity contribution in [1.29, 1.82) is 0 Å². The minimum Gasteiger partial charge on any atom is -0.510 e. The molecule has 0 spiro atoms. The summed E-state index contributed by atoms with van der Waals surface area (Å²) in [6.45, 7) is 7.47. The number of hydrogen-bond acceptors (Lipinski definition) is 3. The van der Waals surface area contributed by atoms with Crippen LogP contribution < -0.4 is 0 Å². The summed E-state index contributed by atoms with van der Waals surface area (Å²) in [5.41, 5.74) is 2.47. The van der Waals surface area contributed by atoms with Crippen LogP contribution >= 0.6 is 11.8 Å². The largest absolute Gasteiger partial charge is 0.510 e. The van der Waals surface area contributed by atoms with Gasteiger partial charge in [-0.05, 0) is 19.4 Å². The van der Waals surface area contributed by atoms with Gasteiger partial charge in [0.1, 0.15) is 5.76 Å². The second-order valence-electron chi connectivity index (χ2n) is 5.08. The first-order chi connectivity index (χ1) is 9.46. The van der Waals surface area contributed by atoms with Gasteiger partial charge in [-0.1, -0.05) is 66.4 Å². The Kier molecular flexibility index (Phi) is 4.19. The maximum atomic E-state index is 12.2. The monoisotopic (exact) mass is 286 g/mol. The van der Waals surface area contributed by atoms with Gasteiger partial charge in [0.25, 0.3) is 0 Å². The van der Waals surface area contributed by atoms with Crippen LogP contribution in [0.15, 0.2) is 66.0 Å². The highest BCUT2D eigenvalue weighted by atomic mass is 32.2. The highest BCUT2D eigenvalue weighted by Gasteiger charge is 2.41. The van der Waals surface area contributed by atoms with Crippen LogP contribution in [0.5, 0.6) is 0 Å². The van der Waals surface area contributed by atoms with Crippen LogP contribution in [0.1, 0.15) is 19.4 Å². The van der Waals surface area contributed by atoms with Gasteiger partial charge in [-0.2, -0.15) is 0 Å². The smallest absolute Gasteiger partial charge is 0.220 e. The molecule has 1 atom stereocenters. The van der Waals surface area contributed by atoms with Gasteiger partial charge in [-0.3, -0.25) is 4.79 Å². The molecule has 1 aromatic carbocycles. The normalized spacial score (nSPS) is 23.3. The van der Waals surface area contributed by atoms with Gasteiger partial charge in [0.05, 0.1) is 4.75 Å². The van der Waals surface area contributed by atoms with E-state index in [1.165, 1.54) is 0 Å². The number of hydrogen-bond donors (Lipinski definition) is 1. The zero-order chi connectivity index (χ0) is 14.8. The average Bonchev–Trinajstić information content (AvgIpc) is 2.63. The van der Waals surface area contributed by atoms with Crippen molar-refractivity contribution in [3.8, 4) is 0 Å². The van der Waals surface area contributed by atoms with E-state index in [0.717, 1.165) is 22.9 Å². The Morgan fingerprint density at radius 3 is 2.65 bits per heavy atom. The fraction of sp³-hybridized carbons (Fsp3) is 0.235.